The zero-order valence-electron chi connectivity index (χ0n) is 14.4. The second kappa shape index (κ2) is 8.03. The van der Waals surface area contributed by atoms with Gasteiger partial charge in [-0.05, 0) is 55.7 Å². The van der Waals surface area contributed by atoms with E-state index in [2.05, 4.69) is 5.32 Å². The quantitative estimate of drug-likeness (QED) is 0.864. The summed E-state index contributed by atoms with van der Waals surface area (Å²) in [5, 5.41) is 2.97. The van der Waals surface area contributed by atoms with Gasteiger partial charge in [-0.1, -0.05) is 18.6 Å². The number of carbonyl (C=O) groups is 1. The second-order valence-corrected chi connectivity index (χ2v) is 6.39. The molecule has 1 amide bonds. The number of hydrogen-bond donors (Lipinski definition) is 2. The molecule has 5 nitrogen and oxygen atoms in total. The standard InChI is InChI=1S/C20H24N2O3/c1-24-18-7-2-3-8-19(18)25-17-11-9-16(10-12-17)22-20(23)14-5-4-6-15(21)13-14/h2-3,7-12,14-15H,4-6,13,21H2,1H3,(H,22,23). The molecule has 0 aliphatic heterocycles. The number of nitrogens with two attached hydrogens (primary N) is 1. The Morgan fingerprint density at radius 1 is 1.08 bits per heavy atom. The van der Waals surface area contributed by atoms with Gasteiger partial charge < -0.3 is 20.5 Å². The maximum absolute atomic E-state index is 12.4. The van der Waals surface area contributed by atoms with E-state index in [1.165, 1.54) is 0 Å². The molecule has 132 valence electrons. The molecule has 2 aromatic rings. The number of rotatable bonds is 5. The zero-order chi connectivity index (χ0) is 17.6. The largest absolute Gasteiger partial charge is 0.493 e. The molecule has 2 unspecified atom stereocenters. The topological polar surface area (TPSA) is 73.6 Å². The number of carbonyl (C=O) groups excluding carboxylic acids is 1. The lowest BCUT2D eigenvalue weighted by Crippen LogP contribution is -2.34. The number of anilines is 1. The van der Waals surface area contributed by atoms with Crippen molar-refractivity contribution >= 4 is 11.6 Å². The summed E-state index contributed by atoms with van der Waals surface area (Å²) in [6.07, 6.45) is 3.71. The van der Waals surface area contributed by atoms with Crippen LogP contribution in [0.3, 0.4) is 0 Å². The van der Waals surface area contributed by atoms with Gasteiger partial charge in [0.25, 0.3) is 0 Å². The minimum absolute atomic E-state index is 0.00764. The fraction of sp³-hybridized carbons (Fsp3) is 0.350. The molecule has 0 spiro atoms. The summed E-state index contributed by atoms with van der Waals surface area (Å²) < 4.78 is 11.1. The molecular formula is C20H24N2O3. The van der Waals surface area contributed by atoms with Gasteiger partial charge in [0, 0.05) is 17.6 Å². The zero-order valence-corrected chi connectivity index (χ0v) is 14.4. The van der Waals surface area contributed by atoms with E-state index in [4.69, 9.17) is 15.2 Å². The molecular weight excluding hydrogens is 316 g/mol. The van der Waals surface area contributed by atoms with Crippen molar-refractivity contribution in [3.05, 3.63) is 48.5 Å². The minimum atomic E-state index is 0.00764. The van der Waals surface area contributed by atoms with E-state index in [1.807, 2.05) is 48.5 Å². The summed E-state index contributed by atoms with van der Waals surface area (Å²) in [4.78, 5) is 12.4. The molecule has 1 aliphatic carbocycles. The lowest BCUT2D eigenvalue weighted by Gasteiger charge is -2.25. The van der Waals surface area contributed by atoms with Crippen LogP contribution in [0.5, 0.6) is 17.2 Å². The molecule has 3 rings (SSSR count). The summed E-state index contributed by atoms with van der Waals surface area (Å²) in [5.41, 5.74) is 6.73. The Kier molecular flexibility index (Phi) is 5.56. The highest BCUT2D eigenvalue weighted by atomic mass is 16.5. The highest BCUT2D eigenvalue weighted by molar-refractivity contribution is 5.92. The predicted octanol–water partition coefficient (Wildman–Crippen LogP) is 3.94. The summed E-state index contributed by atoms with van der Waals surface area (Å²) in [5.74, 6) is 2.07. The number of para-hydroxylation sites is 2. The van der Waals surface area contributed by atoms with Crippen molar-refractivity contribution in [3.63, 3.8) is 0 Å². The first-order valence-corrected chi connectivity index (χ1v) is 8.63. The smallest absolute Gasteiger partial charge is 0.227 e. The maximum Gasteiger partial charge on any atom is 0.227 e. The number of benzene rings is 2. The molecule has 1 saturated carbocycles. The molecule has 0 aromatic heterocycles. The van der Waals surface area contributed by atoms with Gasteiger partial charge in [-0.3, -0.25) is 4.79 Å². The third-order valence-corrected chi connectivity index (χ3v) is 4.50. The monoisotopic (exact) mass is 340 g/mol. The summed E-state index contributed by atoms with van der Waals surface area (Å²) in [6.45, 7) is 0. The molecule has 0 radical (unpaired) electrons. The Morgan fingerprint density at radius 3 is 2.48 bits per heavy atom. The number of hydrogen-bond acceptors (Lipinski definition) is 4. The van der Waals surface area contributed by atoms with Crippen molar-refractivity contribution in [2.75, 3.05) is 12.4 Å². The summed E-state index contributed by atoms with van der Waals surface area (Å²) >= 11 is 0. The van der Waals surface area contributed by atoms with Crippen molar-refractivity contribution in [3.8, 4) is 17.2 Å². The molecule has 0 heterocycles. The van der Waals surface area contributed by atoms with Gasteiger partial charge >= 0.3 is 0 Å². The van der Waals surface area contributed by atoms with Crippen LogP contribution in [0, 0.1) is 5.92 Å². The van der Waals surface area contributed by atoms with Crippen LogP contribution in [-0.4, -0.2) is 19.1 Å². The van der Waals surface area contributed by atoms with E-state index in [-0.39, 0.29) is 17.9 Å². The van der Waals surface area contributed by atoms with Crippen LogP contribution in [0.2, 0.25) is 0 Å². The third kappa shape index (κ3) is 4.51. The van der Waals surface area contributed by atoms with Crippen LogP contribution in [0.1, 0.15) is 25.7 Å². The number of nitrogens with one attached hydrogen (secondary N) is 1. The van der Waals surface area contributed by atoms with E-state index in [9.17, 15) is 4.79 Å². The molecule has 1 fully saturated rings. The van der Waals surface area contributed by atoms with Gasteiger partial charge in [-0.15, -0.1) is 0 Å². The number of ether oxygens (including phenoxy) is 2. The highest BCUT2D eigenvalue weighted by Crippen LogP contribution is 2.31. The van der Waals surface area contributed by atoms with E-state index in [0.29, 0.717) is 17.2 Å². The first kappa shape index (κ1) is 17.3. The number of methoxy groups -OCH3 is 1. The van der Waals surface area contributed by atoms with Crippen LogP contribution in [0.4, 0.5) is 5.69 Å². The van der Waals surface area contributed by atoms with E-state index in [1.54, 1.807) is 7.11 Å². The van der Waals surface area contributed by atoms with Crippen LogP contribution < -0.4 is 20.5 Å². The predicted molar refractivity (Wildman–Crippen MR) is 98.1 cm³/mol. The van der Waals surface area contributed by atoms with Crippen molar-refractivity contribution in [2.45, 2.75) is 31.7 Å². The van der Waals surface area contributed by atoms with Gasteiger partial charge in [0.05, 0.1) is 7.11 Å². The second-order valence-electron chi connectivity index (χ2n) is 6.39. The molecule has 3 N–H and O–H groups in total. The Morgan fingerprint density at radius 2 is 1.80 bits per heavy atom. The molecule has 25 heavy (non-hydrogen) atoms. The van der Waals surface area contributed by atoms with Gasteiger partial charge in [0.15, 0.2) is 11.5 Å². The van der Waals surface area contributed by atoms with Gasteiger partial charge in [-0.2, -0.15) is 0 Å². The van der Waals surface area contributed by atoms with Gasteiger partial charge in [0.2, 0.25) is 5.91 Å². The Balaban J connectivity index is 1.61. The first-order chi connectivity index (χ1) is 12.2. The van der Waals surface area contributed by atoms with Crippen molar-refractivity contribution in [2.24, 2.45) is 11.7 Å². The number of amides is 1. The Hall–Kier alpha value is -2.53. The normalized spacial score (nSPS) is 19.9. The lowest BCUT2D eigenvalue weighted by molar-refractivity contribution is -0.120. The highest BCUT2D eigenvalue weighted by Gasteiger charge is 2.25. The molecule has 2 atom stereocenters. The van der Waals surface area contributed by atoms with Crippen LogP contribution in [0.25, 0.3) is 0 Å². The molecule has 1 aliphatic rings. The van der Waals surface area contributed by atoms with E-state index < -0.39 is 0 Å². The molecule has 0 bridgehead atoms. The van der Waals surface area contributed by atoms with Crippen molar-refractivity contribution in [1.29, 1.82) is 0 Å². The average Bonchev–Trinajstić information content (AvgIpc) is 2.64. The summed E-state index contributed by atoms with van der Waals surface area (Å²) in [7, 11) is 1.61. The lowest BCUT2D eigenvalue weighted by atomic mass is 9.85. The van der Waals surface area contributed by atoms with Crippen LogP contribution in [-0.2, 0) is 4.79 Å². The maximum atomic E-state index is 12.4. The van der Waals surface area contributed by atoms with Crippen molar-refractivity contribution < 1.29 is 14.3 Å². The average molecular weight is 340 g/mol. The third-order valence-electron chi connectivity index (χ3n) is 4.50. The van der Waals surface area contributed by atoms with Crippen molar-refractivity contribution in [1.82, 2.24) is 0 Å². The first-order valence-electron chi connectivity index (χ1n) is 8.63. The SMILES string of the molecule is COc1ccccc1Oc1ccc(NC(=O)C2CCCC(N)C2)cc1. The van der Waals surface area contributed by atoms with E-state index in [0.717, 1.165) is 31.4 Å². The van der Waals surface area contributed by atoms with E-state index >= 15 is 0 Å². The molecule has 2 aromatic carbocycles. The summed E-state index contributed by atoms with van der Waals surface area (Å²) in [6, 6.07) is 14.9. The fourth-order valence-electron chi connectivity index (χ4n) is 3.15. The fourth-order valence-corrected chi connectivity index (χ4v) is 3.15. The molecule has 5 heteroatoms. The minimum Gasteiger partial charge on any atom is -0.493 e. The Bertz CT molecular complexity index is 715. The van der Waals surface area contributed by atoms with Crippen LogP contribution >= 0.6 is 0 Å². The molecule has 0 saturated heterocycles. The Labute approximate surface area is 148 Å². The van der Waals surface area contributed by atoms with Crippen LogP contribution in [0.15, 0.2) is 48.5 Å². The van der Waals surface area contributed by atoms with Gasteiger partial charge in [0.1, 0.15) is 5.75 Å². The van der Waals surface area contributed by atoms with Gasteiger partial charge in [-0.25, -0.2) is 0 Å².